The van der Waals surface area contributed by atoms with Crippen LogP contribution in [0.15, 0.2) is 36.3 Å². The van der Waals surface area contributed by atoms with Crippen molar-refractivity contribution < 1.29 is 28.9 Å². The van der Waals surface area contributed by atoms with Crippen molar-refractivity contribution in [2.24, 2.45) is 0 Å². The number of benzene rings is 2. The van der Waals surface area contributed by atoms with E-state index < -0.39 is 18.8 Å². The summed E-state index contributed by atoms with van der Waals surface area (Å²) in [6.07, 6.45) is -6.29. The van der Waals surface area contributed by atoms with Crippen molar-refractivity contribution >= 4 is 0 Å². The zero-order valence-electron chi connectivity index (χ0n) is 22.6. The molecule has 1 N–H and O–H groups in total. The van der Waals surface area contributed by atoms with E-state index in [1.165, 1.54) is 32.4 Å². The minimum absolute atomic E-state index is 0.0270. The Morgan fingerprint density at radius 2 is 1.88 bits per heavy atom. The summed E-state index contributed by atoms with van der Waals surface area (Å²) in [7, 11) is 2.86. The number of rotatable bonds is 10. The van der Waals surface area contributed by atoms with Crippen molar-refractivity contribution in [3.63, 3.8) is 0 Å². The summed E-state index contributed by atoms with van der Waals surface area (Å²) in [5.41, 5.74) is 1.11. The van der Waals surface area contributed by atoms with Crippen LogP contribution >= 0.6 is 0 Å². The molecule has 4 nitrogen and oxygen atoms in total. The topological polar surface area (TPSA) is 47.9 Å². The van der Waals surface area contributed by atoms with Crippen molar-refractivity contribution in [3.8, 4) is 17.2 Å². The maximum absolute atomic E-state index is 10.3. The first-order valence-corrected chi connectivity index (χ1v) is 8.38. The van der Waals surface area contributed by atoms with Crippen molar-refractivity contribution in [2.75, 3.05) is 20.8 Å². The van der Waals surface area contributed by atoms with Gasteiger partial charge in [0.1, 0.15) is 12.4 Å². The van der Waals surface area contributed by atoms with Gasteiger partial charge in [0.25, 0.3) is 0 Å². The number of aliphatic hydroxyl groups is 1. The van der Waals surface area contributed by atoms with E-state index in [4.69, 9.17) is 23.8 Å². The molecule has 0 radical (unpaired) electrons. The lowest BCUT2D eigenvalue weighted by atomic mass is 10.0. The van der Waals surface area contributed by atoms with Crippen LogP contribution in [0.4, 0.5) is 0 Å². The lowest BCUT2D eigenvalue weighted by Crippen LogP contribution is -2.17. The molecule has 0 aliphatic rings. The van der Waals surface area contributed by atoms with Crippen molar-refractivity contribution in [2.45, 2.75) is 45.5 Å². The van der Waals surface area contributed by atoms with E-state index in [9.17, 15) is 5.11 Å². The van der Waals surface area contributed by atoms with E-state index in [1.807, 2.05) is 0 Å². The van der Waals surface area contributed by atoms with Crippen molar-refractivity contribution in [1.82, 2.24) is 0 Å². The summed E-state index contributed by atoms with van der Waals surface area (Å²) in [5, 5.41) is 10.3. The SMILES string of the molecule is [2H]c1c([2H])c(OCC(O)CCC([2H])([2H])C([2H])([2H])c2ccc(OC)c(OC)c2)c([2H])c(C)c1C. The summed E-state index contributed by atoms with van der Waals surface area (Å²) >= 11 is 0. The van der Waals surface area contributed by atoms with E-state index in [0.29, 0.717) is 16.9 Å². The molecule has 2 aromatic rings. The molecule has 0 aromatic heterocycles. The summed E-state index contributed by atoms with van der Waals surface area (Å²) in [5.74, 6) is 0.573. The van der Waals surface area contributed by atoms with E-state index in [2.05, 4.69) is 0 Å². The van der Waals surface area contributed by atoms with Crippen LogP contribution in [0.3, 0.4) is 0 Å². The fraction of sp³-hybridized carbons (Fsp3) is 0.455. The van der Waals surface area contributed by atoms with Gasteiger partial charge in [-0.1, -0.05) is 18.5 Å². The molecule has 2 rings (SSSR count). The largest absolute Gasteiger partial charge is 0.493 e. The first-order chi connectivity index (χ1) is 15.3. The van der Waals surface area contributed by atoms with Gasteiger partial charge in [-0.3, -0.25) is 0 Å². The molecule has 0 aliphatic heterocycles. The van der Waals surface area contributed by atoms with Crippen LogP contribution in [0.5, 0.6) is 17.2 Å². The summed E-state index contributed by atoms with van der Waals surface area (Å²) < 4.78 is 73.3. The molecule has 142 valence electrons. The fourth-order valence-electron chi connectivity index (χ4n) is 2.19. The molecule has 0 saturated carbocycles. The average Bonchev–Trinajstić information content (AvgIpc) is 2.79. The van der Waals surface area contributed by atoms with Gasteiger partial charge in [-0.2, -0.15) is 0 Å². The molecule has 0 heterocycles. The Hall–Kier alpha value is -2.20. The van der Waals surface area contributed by atoms with E-state index in [0.717, 1.165) is 0 Å². The highest BCUT2D eigenvalue weighted by molar-refractivity contribution is 5.42. The van der Waals surface area contributed by atoms with Gasteiger partial charge < -0.3 is 19.3 Å². The maximum Gasteiger partial charge on any atom is 0.160 e. The fourth-order valence-corrected chi connectivity index (χ4v) is 2.19. The van der Waals surface area contributed by atoms with E-state index in [1.54, 1.807) is 13.8 Å². The monoisotopic (exact) mass is 365 g/mol. The number of hydrogen-bond acceptors (Lipinski definition) is 4. The van der Waals surface area contributed by atoms with Crippen LogP contribution in [0.1, 0.15) is 45.5 Å². The molecule has 0 amide bonds. The number of hydrogen-bond donors (Lipinski definition) is 1. The average molecular weight is 366 g/mol. The number of aliphatic hydroxyl groups excluding tert-OH is 1. The third-order valence-electron chi connectivity index (χ3n) is 3.87. The lowest BCUT2D eigenvalue weighted by Gasteiger charge is -2.13. The highest BCUT2D eigenvalue weighted by Crippen LogP contribution is 2.28. The second-order valence-electron chi connectivity index (χ2n) is 5.83. The Labute approximate surface area is 166 Å². The van der Waals surface area contributed by atoms with Crippen molar-refractivity contribution in [3.05, 3.63) is 53.0 Å². The number of ether oxygens (including phenoxy) is 3. The van der Waals surface area contributed by atoms with Crippen LogP contribution < -0.4 is 14.2 Å². The maximum atomic E-state index is 10.3. The summed E-state index contributed by atoms with van der Waals surface area (Å²) in [6.45, 7) is 3.00. The van der Waals surface area contributed by atoms with Crippen LogP contribution in [0.2, 0.25) is 0 Å². The van der Waals surface area contributed by atoms with Gasteiger partial charge in [-0.15, -0.1) is 0 Å². The quantitative estimate of drug-likeness (QED) is 0.675. The van der Waals surface area contributed by atoms with Gasteiger partial charge in [-0.05, 0) is 73.9 Å². The van der Waals surface area contributed by atoms with E-state index >= 15 is 0 Å². The van der Waals surface area contributed by atoms with Gasteiger partial charge in [0.05, 0.1) is 24.4 Å². The summed E-state index contributed by atoms with van der Waals surface area (Å²) in [6, 6.07) is 4.01. The smallest absolute Gasteiger partial charge is 0.160 e. The molecule has 0 aliphatic carbocycles. The lowest BCUT2D eigenvalue weighted by molar-refractivity contribution is 0.0976. The molecule has 1 unspecified atom stereocenters. The third-order valence-corrected chi connectivity index (χ3v) is 3.87. The molecule has 0 spiro atoms. The highest BCUT2D eigenvalue weighted by Gasteiger charge is 2.07. The molecule has 4 heteroatoms. The van der Waals surface area contributed by atoms with Gasteiger partial charge >= 0.3 is 0 Å². The Bertz CT molecular complexity index is 966. The van der Waals surface area contributed by atoms with Gasteiger partial charge in [-0.25, -0.2) is 0 Å². The minimum Gasteiger partial charge on any atom is -0.493 e. The Kier molecular flexibility index (Phi) is 4.74. The molecule has 2 aromatic carbocycles. The number of methoxy groups -OCH3 is 2. The third kappa shape index (κ3) is 5.95. The molecule has 0 bridgehead atoms. The molecular weight excluding hydrogens is 328 g/mol. The van der Waals surface area contributed by atoms with Gasteiger partial charge in [0.15, 0.2) is 11.5 Å². The van der Waals surface area contributed by atoms with Crippen LogP contribution in [0.25, 0.3) is 0 Å². The first kappa shape index (κ1) is 12.2. The van der Waals surface area contributed by atoms with Crippen LogP contribution in [0, 0.1) is 13.8 Å². The Morgan fingerprint density at radius 3 is 2.62 bits per heavy atom. The molecule has 0 fully saturated rings. The zero-order valence-corrected chi connectivity index (χ0v) is 15.6. The standard InChI is InChI=1S/C22H30O4/c1-16-9-11-20(13-17(16)2)26-15-19(23)8-6-5-7-18-10-12-21(24-3)22(14-18)25-4/h9-14,19,23H,5-8,15H2,1-4H3/i5D2,7D2,9D,11D,13D. The Morgan fingerprint density at radius 1 is 1.12 bits per heavy atom. The molecule has 26 heavy (non-hydrogen) atoms. The highest BCUT2D eigenvalue weighted by atomic mass is 16.5. The predicted octanol–water partition coefficient (Wildman–Crippen LogP) is 4.47. The van der Waals surface area contributed by atoms with Gasteiger partial charge in [0, 0.05) is 5.48 Å². The first-order valence-electron chi connectivity index (χ1n) is 11.9. The summed E-state index contributed by atoms with van der Waals surface area (Å²) in [4.78, 5) is 0. The molecule has 0 saturated heterocycles. The predicted molar refractivity (Wildman–Crippen MR) is 105 cm³/mol. The van der Waals surface area contributed by atoms with Crippen LogP contribution in [-0.2, 0) is 6.37 Å². The Balaban J connectivity index is 2.09. The van der Waals surface area contributed by atoms with Gasteiger partial charge in [0.2, 0.25) is 0 Å². The van der Waals surface area contributed by atoms with Crippen molar-refractivity contribution in [1.29, 1.82) is 0 Å². The van der Waals surface area contributed by atoms with Crippen LogP contribution in [-0.4, -0.2) is 32.0 Å². The number of aryl methyl sites for hydroxylation is 1. The normalized spacial score (nSPS) is 16.9. The van der Waals surface area contributed by atoms with E-state index in [-0.39, 0.29) is 54.6 Å². The molecular formula is C22H30O4. The zero-order chi connectivity index (χ0) is 25.1. The molecule has 1 atom stereocenters. The minimum atomic E-state index is -2.38. The second-order valence-corrected chi connectivity index (χ2v) is 5.83. The second kappa shape index (κ2) is 10.1.